The molecule has 1 aliphatic carbocycles. The lowest BCUT2D eigenvalue weighted by Gasteiger charge is -2.32. The molecule has 1 fully saturated rings. The van der Waals surface area contributed by atoms with E-state index >= 15 is 0 Å². The normalized spacial score (nSPS) is 37.3. The molecule has 2 N–H and O–H groups in total. The highest BCUT2D eigenvalue weighted by atomic mass is 16.4. The molecule has 0 aromatic carbocycles. The lowest BCUT2D eigenvalue weighted by Crippen LogP contribution is -2.40. The van der Waals surface area contributed by atoms with Gasteiger partial charge >= 0.3 is 5.97 Å². The molecule has 1 saturated heterocycles. The maximum atomic E-state index is 11.3. The number of allylic oxidation sites excluding steroid dienone is 2. The average molecular weight is 195 g/mol. The Hall–Kier alpha value is -0.830. The Morgan fingerprint density at radius 2 is 2.43 bits per heavy atom. The molecule has 2 unspecified atom stereocenters. The fourth-order valence-corrected chi connectivity index (χ4v) is 2.64. The van der Waals surface area contributed by atoms with Crippen molar-refractivity contribution >= 4 is 5.97 Å². The van der Waals surface area contributed by atoms with E-state index in [1.807, 2.05) is 0 Å². The van der Waals surface area contributed by atoms with E-state index in [-0.39, 0.29) is 5.92 Å². The summed E-state index contributed by atoms with van der Waals surface area (Å²) in [7, 11) is 0. The number of hydrogen-bond donors (Lipinski definition) is 2. The molecule has 0 spiro atoms. The Morgan fingerprint density at radius 1 is 1.57 bits per heavy atom. The summed E-state index contributed by atoms with van der Waals surface area (Å²) < 4.78 is 0. The molecule has 2 rings (SSSR count). The van der Waals surface area contributed by atoms with Crippen molar-refractivity contribution in [1.82, 2.24) is 5.32 Å². The van der Waals surface area contributed by atoms with Crippen molar-refractivity contribution in [2.45, 2.75) is 25.7 Å². The van der Waals surface area contributed by atoms with Crippen LogP contribution in [0.4, 0.5) is 0 Å². The van der Waals surface area contributed by atoms with E-state index in [0.717, 1.165) is 32.2 Å². The summed E-state index contributed by atoms with van der Waals surface area (Å²) >= 11 is 0. The van der Waals surface area contributed by atoms with E-state index in [1.54, 1.807) is 0 Å². The number of hydrogen-bond acceptors (Lipinski definition) is 2. The predicted molar refractivity (Wildman–Crippen MR) is 54.0 cm³/mol. The molecule has 3 nitrogen and oxygen atoms in total. The molecule has 0 saturated carbocycles. The summed E-state index contributed by atoms with van der Waals surface area (Å²) in [4.78, 5) is 11.3. The van der Waals surface area contributed by atoms with Crippen molar-refractivity contribution < 1.29 is 9.90 Å². The monoisotopic (exact) mass is 195 g/mol. The molecule has 1 aliphatic heterocycles. The second-order valence-electron chi connectivity index (χ2n) is 4.35. The minimum absolute atomic E-state index is 0.240. The van der Waals surface area contributed by atoms with E-state index < -0.39 is 11.4 Å². The van der Waals surface area contributed by atoms with E-state index in [1.165, 1.54) is 0 Å². The Labute approximate surface area is 84.2 Å². The van der Waals surface area contributed by atoms with Crippen LogP contribution in [-0.4, -0.2) is 24.2 Å². The lowest BCUT2D eigenvalue weighted by molar-refractivity contribution is -0.150. The van der Waals surface area contributed by atoms with Crippen LogP contribution in [0.1, 0.15) is 25.7 Å². The first-order valence-corrected chi connectivity index (χ1v) is 5.36. The third-order valence-electron chi connectivity index (χ3n) is 3.58. The number of carboxylic acid groups (broad SMARTS) is 1. The van der Waals surface area contributed by atoms with Gasteiger partial charge in [0.15, 0.2) is 0 Å². The standard InChI is InChI=1S/C11H17NO2/c13-10(14)11(6-7-12-8-11)9-4-2-1-3-5-9/h2,4,9,12H,1,3,5-8H2,(H,13,14). The lowest BCUT2D eigenvalue weighted by atomic mass is 9.71. The van der Waals surface area contributed by atoms with Crippen LogP contribution in [-0.2, 0) is 4.79 Å². The van der Waals surface area contributed by atoms with Crippen molar-refractivity contribution in [1.29, 1.82) is 0 Å². The maximum absolute atomic E-state index is 11.3. The second-order valence-corrected chi connectivity index (χ2v) is 4.35. The van der Waals surface area contributed by atoms with Crippen LogP contribution in [0.3, 0.4) is 0 Å². The van der Waals surface area contributed by atoms with Crippen molar-refractivity contribution in [3.8, 4) is 0 Å². The van der Waals surface area contributed by atoms with Gasteiger partial charge in [-0.3, -0.25) is 4.79 Å². The molecule has 1 heterocycles. The van der Waals surface area contributed by atoms with E-state index in [9.17, 15) is 9.90 Å². The molecular formula is C11H17NO2. The molecular weight excluding hydrogens is 178 g/mol. The van der Waals surface area contributed by atoms with Gasteiger partial charge in [0.2, 0.25) is 0 Å². The zero-order valence-corrected chi connectivity index (χ0v) is 8.33. The summed E-state index contributed by atoms with van der Waals surface area (Å²) in [6, 6.07) is 0. The molecule has 0 aromatic heterocycles. The predicted octanol–water partition coefficient (Wildman–Crippen LogP) is 1.41. The highest BCUT2D eigenvalue weighted by Gasteiger charge is 2.46. The van der Waals surface area contributed by atoms with Crippen molar-refractivity contribution in [3.63, 3.8) is 0 Å². The van der Waals surface area contributed by atoms with Crippen LogP contribution in [0.25, 0.3) is 0 Å². The molecule has 2 aliphatic rings. The van der Waals surface area contributed by atoms with Gasteiger partial charge in [0.25, 0.3) is 0 Å². The second kappa shape index (κ2) is 3.73. The summed E-state index contributed by atoms with van der Waals surface area (Å²) in [6.45, 7) is 1.48. The first kappa shape index (κ1) is 9.71. The van der Waals surface area contributed by atoms with Crippen molar-refractivity contribution in [3.05, 3.63) is 12.2 Å². The van der Waals surface area contributed by atoms with Crippen molar-refractivity contribution in [2.24, 2.45) is 11.3 Å². The minimum Gasteiger partial charge on any atom is -0.481 e. The zero-order valence-electron chi connectivity index (χ0n) is 8.33. The van der Waals surface area contributed by atoms with Gasteiger partial charge in [-0.15, -0.1) is 0 Å². The molecule has 0 aromatic rings. The Kier molecular flexibility index (Phi) is 2.59. The van der Waals surface area contributed by atoms with Crippen LogP contribution in [0, 0.1) is 11.3 Å². The van der Waals surface area contributed by atoms with Gasteiger partial charge in [-0.1, -0.05) is 12.2 Å². The fraction of sp³-hybridized carbons (Fsp3) is 0.727. The van der Waals surface area contributed by atoms with E-state index in [4.69, 9.17) is 0 Å². The van der Waals surface area contributed by atoms with Gasteiger partial charge in [-0.25, -0.2) is 0 Å². The first-order valence-electron chi connectivity index (χ1n) is 5.36. The quantitative estimate of drug-likeness (QED) is 0.655. The van der Waals surface area contributed by atoms with E-state index in [0.29, 0.717) is 6.54 Å². The minimum atomic E-state index is -0.626. The SMILES string of the molecule is O=C(O)C1(C2C=CCCC2)CCNC1. The van der Waals surface area contributed by atoms with Gasteiger partial charge in [0.1, 0.15) is 0 Å². The molecule has 3 heteroatoms. The van der Waals surface area contributed by atoms with Gasteiger partial charge in [0.05, 0.1) is 5.41 Å². The Bertz CT molecular complexity index is 254. The Balaban J connectivity index is 2.21. The number of carbonyl (C=O) groups is 1. The molecule has 0 bridgehead atoms. The number of carboxylic acids is 1. The molecule has 78 valence electrons. The maximum Gasteiger partial charge on any atom is 0.311 e. The molecule has 14 heavy (non-hydrogen) atoms. The third kappa shape index (κ3) is 1.46. The van der Waals surface area contributed by atoms with E-state index in [2.05, 4.69) is 17.5 Å². The molecule has 0 amide bonds. The van der Waals surface area contributed by atoms with Crippen LogP contribution < -0.4 is 5.32 Å². The highest BCUT2D eigenvalue weighted by Crippen LogP contribution is 2.40. The smallest absolute Gasteiger partial charge is 0.311 e. The number of aliphatic carboxylic acids is 1. The number of rotatable bonds is 2. The summed E-state index contributed by atoms with van der Waals surface area (Å²) in [5.41, 5.74) is -0.517. The molecule has 2 atom stereocenters. The average Bonchev–Trinajstić information content (AvgIpc) is 2.69. The van der Waals surface area contributed by atoms with Gasteiger partial charge < -0.3 is 10.4 Å². The largest absolute Gasteiger partial charge is 0.481 e. The fourth-order valence-electron chi connectivity index (χ4n) is 2.64. The third-order valence-corrected chi connectivity index (χ3v) is 3.58. The van der Waals surface area contributed by atoms with Crippen molar-refractivity contribution in [2.75, 3.05) is 13.1 Å². The van der Waals surface area contributed by atoms with Gasteiger partial charge in [-0.2, -0.15) is 0 Å². The number of nitrogens with one attached hydrogen (secondary N) is 1. The van der Waals surface area contributed by atoms with Crippen LogP contribution in [0.2, 0.25) is 0 Å². The van der Waals surface area contributed by atoms with Crippen LogP contribution in [0.15, 0.2) is 12.2 Å². The zero-order chi connectivity index (χ0) is 10.0. The van der Waals surface area contributed by atoms with Gasteiger partial charge in [-0.05, 0) is 38.1 Å². The molecule has 0 radical (unpaired) electrons. The summed E-state index contributed by atoms with van der Waals surface area (Å²) in [5, 5.41) is 12.5. The van der Waals surface area contributed by atoms with Gasteiger partial charge in [0, 0.05) is 6.54 Å². The summed E-state index contributed by atoms with van der Waals surface area (Å²) in [5.74, 6) is -0.386. The topological polar surface area (TPSA) is 49.3 Å². The van der Waals surface area contributed by atoms with Crippen LogP contribution in [0.5, 0.6) is 0 Å². The summed E-state index contributed by atoms with van der Waals surface area (Å²) in [6.07, 6.45) is 8.31. The van der Waals surface area contributed by atoms with Crippen LogP contribution >= 0.6 is 0 Å². The highest BCUT2D eigenvalue weighted by molar-refractivity contribution is 5.76. The Morgan fingerprint density at radius 3 is 2.93 bits per heavy atom. The first-order chi connectivity index (χ1) is 6.76.